The average molecular weight is 263 g/mol. The number of hydrogen-bond acceptors (Lipinski definition) is 5. The number of carbonyl (C=O) groups is 1. The molecular formula is C11H13N5OS. The van der Waals surface area contributed by atoms with Gasteiger partial charge in [-0.2, -0.15) is 17.0 Å². The molecule has 0 radical (unpaired) electrons. The zero-order valence-electron chi connectivity index (χ0n) is 9.88. The van der Waals surface area contributed by atoms with Crippen LogP contribution in [0.15, 0.2) is 24.3 Å². The van der Waals surface area contributed by atoms with E-state index in [4.69, 9.17) is 0 Å². The summed E-state index contributed by atoms with van der Waals surface area (Å²) in [6.07, 6.45) is 2.03. The Bertz CT molecular complexity index is 514. The second-order valence-corrected chi connectivity index (χ2v) is 4.51. The number of rotatable bonds is 5. The van der Waals surface area contributed by atoms with E-state index in [2.05, 4.69) is 25.9 Å². The predicted octanol–water partition coefficient (Wildman–Crippen LogP) is 0.993. The van der Waals surface area contributed by atoms with Crippen LogP contribution in [-0.2, 0) is 12.3 Å². The van der Waals surface area contributed by atoms with Crippen LogP contribution in [0.1, 0.15) is 21.7 Å². The standard InChI is InChI=1S/C11H13N5OS/c1-18-7-8-3-2-4-9(5-8)11(17)12-6-10-13-15-16-14-10/h2-5H,6-7H2,1H3,(H,12,17)(H,13,14,15,16). The van der Waals surface area contributed by atoms with Crippen LogP contribution < -0.4 is 5.32 Å². The summed E-state index contributed by atoms with van der Waals surface area (Å²) in [5.41, 5.74) is 1.78. The molecule has 0 aliphatic carbocycles. The number of thioether (sulfide) groups is 1. The quantitative estimate of drug-likeness (QED) is 0.840. The molecule has 1 aromatic carbocycles. The summed E-state index contributed by atoms with van der Waals surface area (Å²) in [5.74, 6) is 1.22. The Hall–Kier alpha value is -1.89. The highest BCUT2D eigenvalue weighted by Crippen LogP contribution is 2.11. The third kappa shape index (κ3) is 3.30. The van der Waals surface area contributed by atoms with Crippen LogP contribution in [-0.4, -0.2) is 32.8 Å². The molecule has 1 amide bonds. The van der Waals surface area contributed by atoms with E-state index in [1.54, 1.807) is 17.8 Å². The van der Waals surface area contributed by atoms with E-state index >= 15 is 0 Å². The molecule has 0 unspecified atom stereocenters. The number of nitrogens with zero attached hydrogens (tertiary/aromatic N) is 3. The summed E-state index contributed by atoms with van der Waals surface area (Å²) in [4.78, 5) is 11.9. The predicted molar refractivity (Wildman–Crippen MR) is 69.0 cm³/mol. The number of benzene rings is 1. The Morgan fingerprint density at radius 2 is 2.39 bits per heavy atom. The van der Waals surface area contributed by atoms with Crippen LogP contribution in [0.2, 0.25) is 0 Å². The van der Waals surface area contributed by atoms with Crippen molar-refractivity contribution in [3.63, 3.8) is 0 Å². The summed E-state index contributed by atoms with van der Waals surface area (Å²) in [6, 6.07) is 7.57. The first-order valence-electron chi connectivity index (χ1n) is 5.38. The molecule has 2 N–H and O–H groups in total. The van der Waals surface area contributed by atoms with Gasteiger partial charge < -0.3 is 5.32 Å². The number of carbonyl (C=O) groups excluding carboxylic acids is 1. The summed E-state index contributed by atoms with van der Waals surface area (Å²) in [7, 11) is 0. The van der Waals surface area contributed by atoms with E-state index in [9.17, 15) is 4.79 Å². The molecule has 0 spiro atoms. The monoisotopic (exact) mass is 263 g/mol. The molecule has 6 nitrogen and oxygen atoms in total. The molecule has 0 atom stereocenters. The first-order chi connectivity index (χ1) is 8.79. The van der Waals surface area contributed by atoms with E-state index in [1.807, 2.05) is 24.5 Å². The molecule has 2 aromatic rings. The van der Waals surface area contributed by atoms with Crippen molar-refractivity contribution in [1.29, 1.82) is 0 Å². The molecule has 0 fully saturated rings. The lowest BCUT2D eigenvalue weighted by atomic mass is 10.1. The summed E-state index contributed by atoms with van der Waals surface area (Å²) < 4.78 is 0. The molecule has 0 saturated carbocycles. The first-order valence-corrected chi connectivity index (χ1v) is 6.77. The van der Waals surface area contributed by atoms with Crippen LogP contribution in [0.3, 0.4) is 0 Å². The summed E-state index contributed by atoms with van der Waals surface area (Å²) >= 11 is 1.72. The number of amides is 1. The van der Waals surface area contributed by atoms with Gasteiger partial charge in [0.05, 0.1) is 6.54 Å². The maximum absolute atomic E-state index is 11.9. The zero-order chi connectivity index (χ0) is 12.8. The van der Waals surface area contributed by atoms with Gasteiger partial charge in [-0.15, -0.1) is 10.2 Å². The second-order valence-electron chi connectivity index (χ2n) is 3.64. The molecule has 2 rings (SSSR count). The lowest BCUT2D eigenvalue weighted by molar-refractivity contribution is 0.0950. The van der Waals surface area contributed by atoms with Crippen molar-refractivity contribution in [3.05, 3.63) is 41.2 Å². The van der Waals surface area contributed by atoms with Crippen molar-refractivity contribution in [2.45, 2.75) is 12.3 Å². The van der Waals surface area contributed by atoms with Crippen molar-refractivity contribution in [2.75, 3.05) is 6.26 Å². The van der Waals surface area contributed by atoms with E-state index in [0.717, 1.165) is 11.3 Å². The zero-order valence-corrected chi connectivity index (χ0v) is 10.7. The average Bonchev–Trinajstić information content (AvgIpc) is 2.90. The molecule has 0 bridgehead atoms. The maximum Gasteiger partial charge on any atom is 0.251 e. The Labute approximate surface area is 109 Å². The van der Waals surface area contributed by atoms with Crippen molar-refractivity contribution < 1.29 is 4.79 Å². The molecule has 18 heavy (non-hydrogen) atoms. The van der Waals surface area contributed by atoms with E-state index in [1.165, 1.54) is 0 Å². The van der Waals surface area contributed by atoms with Gasteiger partial charge in [-0.05, 0) is 24.0 Å². The van der Waals surface area contributed by atoms with Gasteiger partial charge in [-0.1, -0.05) is 17.3 Å². The number of aromatic nitrogens is 4. The molecule has 1 aromatic heterocycles. The summed E-state index contributed by atoms with van der Waals surface area (Å²) in [5, 5.41) is 16.0. The lowest BCUT2D eigenvalue weighted by Gasteiger charge is -2.04. The smallest absolute Gasteiger partial charge is 0.251 e. The Balaban J connectivity index is 1.97. The highest BCUT2D eigenvalue weighted by Gasteiger charge is 2.07. The third-order valence-corrected chi connectivity index (χ3v) is 2.92. The molecule has 0 saturated heterocycles. The summed E-state index contributed by atoms with van der Waals surface area (Å²) in [6.45, 7) is 0.266. The van der Waals surface area contributed by atoms with Crippen LogP contribution >= 0.6 is 11.8 Å². The Morgan fingerprint density at radius 1 is 1.50 bits per heavy atom. The molecule has 0 aliphatic heterocycles. The number of hydrogen-bond donors (Lipinski definition) is 2. The van der Waals surface area contributed by atoms with E-state index < -0.39 is 0 Å². The molecule has 7 heteroatoms. The fourth-order valence-corrected chi connectivity index (χ4v) is 2.00. The van der Waals surface area contributed by atoms with E-state index in [-0.39, 0.29) is 12.5 Å². The van der Waals surface area contributed by atoms with Gasteiger partial charge in [0.25, 0.3) is 5.91 Å². The third-order valence-electron chi connectivity index (χ3n) is 2.30. The van der Waals surface area contributed by atoms with Gasteiger partial charge in [0.1, 0.15) is 0 Å². The molecular weight excluding hydrogens is 250 g/mol. The normalized spacial score (nSPS) is 10.3. The van der Waals surface area contributed by atoms with Gasteiger partial charge in [-0.3, -0.25) is 4.79 Å². The SMILES string of the molecule is CSCc1cccc(C(=O)NCc2nn[nH]n2)c1. The number of aromatic amines is 1. The minimum Gasteiger partial charge on any atom is -0.345 e. The van der Waals surface area contributed by atoms with Gasteiger partial charge in [-0.25, -0.2) is 0 Å². The molecule has 94 valence electrons. The second kappa shape index (κ2) is 6.15. The van der Waals surface area contributed by atoms with Gasteiger partial charge in [0, 0.05) is 11.3 Å². The molecule has 0 aliphatic rings. The van der Waals surface area contributed by atoms with Gasteiger partial charge >= 0.3 is 0 Å². The van der Waals surface area contributed by atoms with Crippen LogP contribution in [0, 0.1) is 0 Å². The van der Waals surface area contributed by atoms with E-state index in [0.29, 0.717) is 11.4 Å². The largest absolute Gasteiger partial charge is 0.345 e. The van der Waals surface area contributed by atoms with Gasteiger partial charge in [0.2, 0.25) is 0 Å². The minimum atomic E-state index is -0.136. The van der Waals surface area contributed by atoms with Crippen molar-refractivity contribution in [3.8, 4) is 0 Å². The fraction of sp³-hybridized carbons (Fsp3) is 0.273. The minimum absolute atomic E-state index is 0.136. The van der Waals surface area contributed by atoms with Crippen molar-refractivity contribution in [1.82, 2.24) is 25.9 Å². The van der Waals surface area contributed by atoms with Crippen molar-refractivity contribution >= 4 is 17.7 Å². The fourth-order valence-electron chi connectivity index (χ4n) is 1.49. The maximum atomic E-state index is 11.9. The number of nitrogens with one attached hydrogen (secondary N) is 2. The Kier molecular flexibility index (Phi) is 4.30. The van der Waals surface area contributed by atoms with Gasteiger partial charge in [0.15, 0.2) is 5.82 Å². The lowest BCUT2D eigenvalue weighted by Crippen LogP contribution is -2.23. The number of H-pyrrole nitrogens is 1. The Morgan fingerprint density at radius 3 is 3.11 bits per heavy atom. The van der Waals surface area contributed by atoms with Crippen LogP contribution in [0.4, 0.5) is 0 Å². The highest BCUT2D eigenvalue weighted by molar-refractivity contribution is 7.97. The van der Waals surface area contributed by atoms with Crippen molar-refractivity contribution in [2.24, 2.45) is 0 Å². The molecule has 1 heterocycles. The van der Waals surface area contributed by atoms with Crippen LogP contribution in [0.5, 0.6) is 0 Å². The number of tetrazole rings is 1. The first kappa shape index (κ1) is 12.6. The highest BCUT2D eigenvalue weighted by atomic mass is 32.2. The van der Waals surface area contributed by atoms with Crippen LogP contribution in [0.25, 0.3) is 0 Å². The topological polar surface area (TPSA) is 83.6 Å².